The molecule has 3 aliphatic rings. The molecule has 0 N–H and O–H groups in total. The summed E-state index contributed by atoms with van der Waals surface area (Å²) in [5.74, 6) is -1.15. The molecule has 3 heterocycles. The Morgan fingerprint density at radius 2 is 1.68 bits per heavy atom. The van der Waals surface area contributed by atoms with Crippen molar-refractivity contribution >= 4 is 15.9 Å². The van der Waals surface area contributed by atoms with Crippen LogP contribution in [0.5, 0.6) is 0 Å². The average Bonchev–Trinajstić information content (AvgIpc) is 3.36. The Labute approximate surface area is 181 Å². The molecule has 0 aromatic heterocycles. The number of rotatable bonds is 4. The molecule has 7 nitrogen and oxygen atoms in total. The van der Waals surface area contributed by atoms with Crippen molar-refractivity contribution in [2.75, 3.05) is 13.2 Å². The summed E-state index contributed by atoms with van der Waals surface area (Å²) in [5, 5.41) is 0. The second kappa shape index (κ2) is 7.93. The van der Waals surface area contributed by atoms with Crippen LogP contribution in [0, 0.1) is 0 Å². The molecule has 2 aromatic carbocycles. The first-order valence-corrected chi connectivity index (χ1v) is 12.2. The van der Waals surface area contributed by atoms with Crippen LogP contribution in [0.4, 0.5) is 4.79 Å². The lowest BCUT2D eigenvalue weighted by molar-refractivity contribution is -0.254. The lowest BCUT2D eigenvalue weighted by Gasteiger charge is -2.41. The fourth-order valence-corrected chi connectivity index (χ4v) is 6.41. The molecule has 3 fully saturated rings. The summed E-state index contributed by atoms with van der Waals surface area (Å²) in [6, 6.07) is 17.0. The minimum Gasteiger partial charge on any atom is -0.447 e. The second-order valence-electron chi connectivity index (χ2n) is 8.19. The van der Waals surface area contributed by atoms with E-state index in [2.05, 4.69) is 0 Å². The van der Waals surface area contributed by atoms with E-state index in [4.69, 9.17) is 14.2 Å². The van der Waals surface area contributed by atoms with Gasteiger partial charge in [0.25, 0.3) is 0 Å². The monoisotopic (exact) mass is 443 g/mol. The zero-order chi connectivity index (χ0) is 21.5. The van der Waals surface area contributed by atoms with Crippen molar-refractivity contribution in [3.8, 4) is 0 Å². The largest absolute Gasteiger partial charge is 0.447 e. The van der Waals surface area contributed by atoms with E-state index in [1.54, 1.807) is 35.2 Å². The van der Waals surface area contributed by atoms with E-state index in [1.807, 2.05) is 30.3 Å². The third-order valence-electron chi connectivity index (χ3n) is 6.37. The lowest BCUT2D eigenvalue weighted by Crippen LogP contribution is -2.54. The molecule has 0 aliphatic carbocycles. The number of hydrogen-bond donors (Lipinski definition) is 0. The first-order chi connectivity index (χ1) is 15.0. The quantitative estimate of drug-likeness (QED) is 0.717. The van der Waals surface area contributed by atoms with Crippen LogP contribution >= 0.6 is 0 Å². The molecule has 3 aliphatic heterocycles. The molecule has 0 saturated carbocycles. The minimum absolute atomic E-state index is 0.135. The minimum atomic E-state index is -3.76. The second-order valence-corrected chi connectivity index (χ2v) is 10.3. The van der Waals surface area contributed by atoms with Crippen LogP contribution in [0.15, 0.2) is 65.6 Å². The van der Waals surface area contributed by atoms with Gasteiger partial charge in [0.2, 0.25) is 9.84 Å². The third kappa shape index (κ3) is 3.52. The number of sulfone groups is 1. The maximum absolute atomic E-state index is 13.3. The predicted molar refractivity (Wildman–Crippen MR) is 112 cm³/mol. The van der Waals surface area contributed by atoms with Gasteiger partial charge in [-0.05, 0) is 30.5 Å². The molecule has 2 aromatic rings. The number of carbonyl (C=O) groups excluding carboxylic acids is 1. The number of hydrogen-bond acceptors (Lipinski definition) is 6. The summed E-state index contributed by atoms with van der Waals surface area (Å²) < 4.78 is 44.4. The van der Waals surface area contributed by atoms with Gasteiger partial charge in [0.1, 0.15) is 6.61 Å². The van der Waals surface area contributed by atoms with Crippen molar-refractivity contribution in [2.45, 2.75) is 53.9 Å². The van der Waals surface area contributed by atoms with Crippen LogP contribution in [0.25, 0.3) is 0 Å². The number of ether oxygens (including phenoxy) is 3. The molecule has 5 rings (SSSR count). The highest BCUT2D eigenvalue weighted by Gasteiger charge is 2.59. The number of carbonyl (C=O) groups is 1. The summed E-state index contributed by atoms with van der Waals surface area (Å²) >= 11 is 0. The lowest BCUT2D eigenvalue weighted by atomic mass is 9.94. The Kier molecular flexibility index (Phi) is 5.24. The number of amides is 1. The highest BCUT2D eigenvalue weighted by Crippen LogP contribution is 2.47. The van der Waals surface area contributed by atoms with Gasteiger partial charge in [0.15, 0.2) is 11.2 Å². The first-order valence-electron chi connectivity index (χ1n) is 10.6. The standard InChI is InChI=1S/C23H25NO6S/c25-22-24(19(16-28-22)17-9-3-1-4-10-17)20-15-21(30-23(20)13-7-8-14-29-23)31(26,27)18-11-5-2-6-12-18/h1-6,9-12,19-21H,7-8,13-16H2/t19-,20+,21?,23+/m1/s1. The van der Waals surface area contributed by atoms with Gasteiger partial charge in [-0.2, -0.15) is 0 Å². The van der Waals surface area contributed by atoms with E-state index < -0.39 is 33.2 Å². The molecular formula is C23H25NO6S. The van der Waals surface area contributed by atoms with Crippen molar-refractivity contribution in [1.29, 1.82) is 0 Å². The van der Waals surface area contributed by atoms with Crippen LogP contribution in [-0.4, -0.2) is 49.9 Å². The highest BCUT2D eigenvalue weighted by molar-refractivity contribution is 7.92. The SMILES string of the molecule is O=C1OC[C@H](c2ccccc2)N1[C@H]1CC(S(=O)(=O)c2ccccc2)O[C@@]12CCCCO2. The fraction of sp³-hybridized carbons (Fsp3) is 0.435. The van der Waals surface area contributed by atoms with Crippen LogP contribution in [0.3, 0.4) is 0 Å². The van der Waals surface area contributed by atoms with Crippen molar-refractivity contribution in [3.63, 3.8) is 0 Å². The maximum atomic E-state index is 13.3. The number of cyclic esters (lactones) is 1. The molecule has 1 spiro atoms. The summed E-state index contributed by atoms with van der Waals surface area (Å²) in [4.78, 5) is 14.7. The summed E-state index contributed by atoms with van der Waals surface area (Å²) in [5.41, 5.74) is -0.156. The Balaban J connectivity index is 1.52. The van der Waals surface area contributed by atoms with Gasteiger partial charge in [0, 0.05) is 12.8 Å². The van der Waals surface area contributed by atoms with E-state index in [9.17, 15) is 13.2 Å². The average molecular weight is 444 g/mol. The molecule has 31 heavy (non-hydrogen) atoms. The molecule has 8 heteroatoms. The highest BCUT2D eigenvalue weighted by atomic mass is 32.2. The van der Waals surface area contributed by atoms with E-state index in [0.717, 1.165) is 18.4 Å². The predicted octanol–water partition coefficient (Wildman–Crippen LogP) is 3.67. The third-order valence-corrected chi connectivity index (χ3v) is 8.28. The van der Waals surface area contributed by atoms with Crippen LogP contribution in [-0.2, 0) is 24.0 Å². The molecule has 1 unspecified atom stereocenters. The van der Waals surface area contributed by atoms with Gasteiger partial charge in [-0.1, -0.05) is 48.5 Å². The van der Waals surface area contributed by atoms with Crippen molar-refractivity contribution in [2.24, 2.45) is 0 Å². The molecule has 164 valence electrons. The number of benzene rings is 2. The summed E-state index contributed by atoms with van der Waals surface area (Å²) in [6.45, 7) is 0.680. The van der Waals surface area contributed by atoms with E-state index >= 15 is 0 Å². The van der Waals surface area contributed by atoms with E-state index in [0.29, 0.717) is 13.0 Å². The van der Waals surface area contributed by atoms with Gasteiger partial charge < -0.3 is 14.2 Å². The number of nitrogens with zero attached hydrogens (tertiary/aromatic N) is 1. The Morgan fingerprint density at radius 1 is 0.968 bits per heavy atom. The zero-order valence-electron chi connectivity index (χ0n) is 17.1. The zero-order valence-corrected chi connectivity index (χ0v) is 17.9. The van der Waals surface area contributed by atoms with Crippen LogP contribution in [0.2, 0.25) is 0 Å². The van der Waals surface area contributed by atoms with E-state index in [-0.39, 0.29) is 24.0 Å². The Morgan fingerprint density at radius 3 is 2.35 bits per heavy atom. The van der Waals surface area contributed by atoms with Crippen LogP contribution in [0.1, 0.15) is 37.3 Å². The van der Waals surface area contributed by atoms with Gasteiger partial charge in [-0.25, -0.2) is 13.2 Å². The smallest absolute Gasteiger partial charge is 0.410 e. The molecule has 0 radical (unpaired) electrons. The molecule has 4 atom stereocenters. The van der Waals surface area contributed by atoms with Crippen molar-refractivity contribution in [3.05, 3.63) is 66.2 Å². The molecule has 0 bridgehead atoms. The maximum Gasteiger partial charge on any atom is 0.410 e. The Hall–Kier alpha value is -2.42. The van der Waals surface area contributed by atoms with Crippen LogP contribution < -0.4 is 0 Å². The van der Waals surface area contributed by atoms with Crippen molar-refractivity contribution in [1.82, 2.24) is 4.90 Å². The van der Waals surface area contributed by atoms with Gasteiger partial charge >= 0.3 is 6.09 Å². The topological polar surface area (TPSA) is 82.1 Å². The van der Waals surface area contributed by atoms with Crippen molar-refractivity contribution < 1.29 is 27.4 Å². The summed E-state index contributed by atoms with van der Waals surface area (Å²) in [7, 11) is -3.76. The van der Waals surface area contributed by atoms with E-state index in [1.165, 1.54) is 0 Å². The van der Waals surface area contributed by atoms with Gasteiger partial charge in [-0.15, -0.1) is 0 Å². The molecule has 3 saturated heterocycles. The van der Waals surface area contributed by atoms with Gasteiger partial charge in [0.05, 0.1) is 23.6 Å². The molecule has 1 amide bonds. The summed E-state index contributed by atoms with van der Waals surface area (Å²) in [6.07, 6.45) is 1.92. The first kappa shape index (κ1) is 20.5. The molecular weight excluding hydrogens is 418 g/mol. The fourth-order valence-electron chi connectivity index (χ4n) is 4.84. The van der Waals surface area contributed by atoms with Gasteiger partial charge in [-0.3, -0.25) is 4.90 Å². The Bertz CT molecular complexity index is 1040. The normalized spacial score (nSPS) is 31.2.